The number of ether oxygens (including phenoxy) is 2. The smallest absolute Gasteiger partial charge is 0.411 e. The maximum atomic E-state index is 12.5. The number of piperidine rings is 3. The van der Waals surface area contributed by atoms with Crippen LogP contribution in [-0.4, -0.2) is 61.7 Å². The second-order valence-electron chi connectivity index (χ2n) is 8.39. The molecule has 0 aliphatic carbocycles. The number of methoxy groups -OCH3 is 1. The summed E-state index contributed by atoms with van der Waals surface area (Å²) in [5.41, 5.74) is 1.51. The highest BCUT2D eigenvalue weighted by molar-refractivity contribution is 5.97. The number of para-hydroxylation sites is 1. The van der Waals surface area contributed by atoms with Gasteiger partial charge in [0.25, 0.3) is 0 Å². The second-order valence-corrected chi connectivity index (χ2v) is 8.39. The van der Waals surface area contributed by atoms with Crippen LogP contribution in [-0.2, 0) is 14.3 Å². The first-order chi connectivity index (χ1) is 15.4. The van der Waals surface area contributed by atoms with Gasteiger partial charge < -0.3 is 30.9 Å². The summed E-state index contributed by atoms with van der Waals surface area (Å²) >= 11 is 0. The molecule has 0 radical (unpaired) electrons. The Morgan fingerprint density at radius 2 is 1.55 bits per heavy atom. The van der Waals surface area contributed by atoms with Crippen LogP contribution in [0.25, 0.3) is 0 Å². The Kier molecular flexibility index (Phi) is 10.1. The summed E-state index contributed by atoms with van der Waals surface area (Å²) in [7, 11) is 1.33. The zero-order valence-electron chi connectivity index (χ0n) is 19.0. The first-order valence-corrected chi connectivity index (χ1v) is 10.9. The van der Waals surface area contributed by atoms with Gasteiger partial charge in [-0.1, -0.05) is 48.5 Å². The number of anilines is 1. The van der Waals surface area contributed by atoms with Crippen molar-refractivity contribution in [2.24, 2.45) is 5.92 Å². The van der Waals surface area contributed by atoms with Gasteiger partial charge in [0.1, 0.15) is 13.1 Å². The highest BCUT2D eigenvalue weighted by atomic mass is 79.9. The maximum Gasteiger partial charge on any atom is 0.411 e. The van der Waals surface area contributed by atoms with Crippen molar-refractivity contribution in [1.29, 1.82) is 0 Å². The molecule has 3 heterocycles. The standard InChI is InChI=1S/C17H22NO3.C8H9NO2.BrH/c1-13(19)21-17-12-18(9-7-15(17)8-10-18)11-16(20)14-5-3-2-4-6-14;1-11-8(10)9-7-5-3-2-4-6-7;/h2-6,15,17H,7-12H2,1H3;2-6H,1H3,(H,9,10);1H/q+1;;/p-1/t15?,17-,18?;;/m0../s1. The van der Waals surface area contributed by atoms with Crippen molar-refractivity contribution >= 4 is 23.5 Å². The van der Waals surface area contributed by atoms with Gasteiger partial charge in [0.05, 0.1) is 20.2 Å². The van der Waals surface area contributed by atoms with Crippen molar-refractivity contribution in [3.63, 3.8) is 0 Å². The van der Waals surface area contributed by atoms with Crippen molar-refractivity contribution in [3.05, 3.63) is 66.2 Å². The molecule has 1 atom stereocenters. The zero-order valence-corrected chi connectivity index (χ0v) is 20.6. The average molecular weight is 519 g/mol. The number of nitrogens with zero attached hydrogens (tertiary/aromatic N) is 1. The Balaban J connectivity index is 0.000000274. The van der Waals surface area contributed by atoms with Gasteiger partial charge in [-0.15, -0.1) is 0 Å². The predicted molar refractivity (Wildman–Crippen MR) is 121 cm³/mol. The number of hydrogen-bond acceptors (Lipinski definition) is 5. The number of carbonyl (C=O) groups is 3. The number of carbonyl (C=O) groups excluding carboxylic acids is 3. The fraction of sp³-hybridized carbons (Fsp3) is 0.400. The number of rotatable bonds is 5. The number of ketones is 1. The molecule has 2 bridgehead atoms. The third kappa shape index (κ3) is 7.68. The van der Waals surface area contributed by atoms with E-state index in [0.717, 1.165) is 48.2 Å². The van der Waals surface area contributed by atoms with E-state index in [1.807, 2.05) is 48.5 Å². The van der Waals surface area contributed by atoms with Gasteiger partial charge in [0.2, 0.25) is 5.78 Å². The molecule has 8 heteroatoms. The van der Waals surface area contributed by atoms with Gasteiger partial charge in [-0.25, -0.2) is 4.79 Å². The molecule has 0 aromatic heterocycles. The van der Waals surface area contributed by atoms with Crippen molar-refractivity contribution < 1.29 is 45.3 Å². The number of Topliss-reactive ketones (excluding diaryl/α,β-unsaturated/α-hetero) is 1. The SMILES string of the molecule is CC(=O)O[C@H]1C[N+]2(CC(=O)c3ccccc3)CCC1CC2.COC(=O)Nc1ccccc1.[Br-]. The molecule has 7 nitrogen and oxygen atoms in total. The number of hydrogen-bond donors (Lipinski definition) is 1. The molecular formula is C25H31BrN2O5. The van der Waals surface area contributed by atoms with Crippen molar-refractivity contribution in [3.8, 4) is 0 Å². The third-order valence-corrected chi connectivity index (χ3v) is 6.14. The molecule has 0 spiro atoms. The quantitative estimate of drug-likeness (QED) is 0.361. The zero-order chi connectivity index (χ0) is 23.0. The van der Waals surface area contributed by atoms with E-state index in [2.05, 4.69) is 10.1 Å². The summed E-state index contributed by atoms with van der Waals surface area (Å²) in [5.74, 6) is 0.472. The summed E-state index contributed by atoms with van der Waals surface area (Å²) in [5, 5.41) is 2.53. The fourth-order valence-corrected chi connectivity index (χ4v) is 4.50. The first kappa shape index (κ1) is 26.5. The second kappa shape index (κ2) is 12.5. The highest BCUT2D eigenvalue weighted by Crippen LogP contribution is 2.35. The number of halogens is 1. The number of quaternary nitrogens is 1. The van der Waals surface area contributed by atoms with Gasteiger partial charge in [0, 0.05) is 36.9 Å². The Morgan fingerprint density at radius 1 is 0.970 bits per heavy atom. The third-order valence-electron chi connectivity index (χ3n) is 6.14. The minimum atomic E-state index is -0.448. The Hall–Kier alpha value is -2.71. The van der Waals surface area contributed by atoms with Gasteiger partial charge in [-0.05, 0) is 12.1 Å². The van der Waals surface area contributed by atoms with Crippen molar-refractivity contribution in [2.45, 2.75) is 25.9 Å². The molecule has 33 heavy (non-hydrogen) atoms. The van der Waals surface area contributed by atoms with Crippen LogP contribution in [0.1, 0.15) is 30.1 Å². The lowest BCUT2D eigenvalue weighted by molar-refractivity contribution is -0.938. The highest BCUT2D eigenvalue weighted by Gasteiger charge is 2.48. The van der Waals surface area contributed by atoms with E-state index >= 15 is 0 Å². The van der Waals surface area contributed by atoms with E-state index in [1.165, 1.54) is 14.0 Å². The van der Waals surface area contributed by atoms with E-state index < -0.39 is 6.09 Å². The number of nitrogens with one attached hydrogen (secondary N) is 1. The molecule has 3 saturated heterocycles. The minimum Gasteiger partial charge on any atom is -1.00 e. The number of esters is 1. The van der Waals surface area contributed by atoms with Crippen LogP contribution in [0.4, 0.5) is 10.5 Å². The van der Waals surface area contributed by atoms with Crippen LogP contribution in [0.15, 0.2) is 60.7 Å². The van der Waals surface area contributed by atoms with E-state index in [1.54, 1.807) is 12.1 Å². The topological polar surface area (TPSA) is 81.7 Å². The number of fused-ring (bicyclic) bond motifs is 3. The molecule has 1 N–H and O–H groups in total. The van der Waals surface area contributed by atoms with Crippen LogP contribution in [0, 0.1) is 5.92 Å². The molecule has 178 valence electrons. The lowest BCUT2D eigenvalue weighted by atomic mass is 9.83. The van der Waals surface area contributed by atoms with Crippen LogP contribution >= 0.6 is 0 Å². The average Bonchev–Trinajstić information content (AvgIpc) is 2.81. The van der Waals surface area contributed by atoms with Crippen molar-refractivity contribution in [1.82, 2.24) is 0 Å². The van der Waals surface area contributed by atoms with Crippen molar-refractivity contribution in [2.75, 3.05) is 38.6 Å². The molecule has 2 aromatic carbocycles. The first-order valence-electron chi connectivity index (χ1n) is 10.9. The van der Waals surface area contributed by atoms with E-state index in [0.29, 0.717) is 12.5 Å². The van der Waals surface area contributed by atoms with E-state index in [-0.39, 0.29) is 34.8 Å². The molecule has 0 saturated carbocycles. The Bertz CT molecular complexity index is 915. The monoisotopic (exact) mass is 518 g/mol. The largest absolute Gasteiger partial charge is 1.00 e. The van der Waals surface area contributed by atoms with Gasteiger partial charge in [-0.2, -0.15) is 0 Å². The Labute approximate surface area is 205 Å². The lowest BCUT2D eigenvalue weighted by Gasteiger charge is -2.51. The van der Waals surface area contributed by atoms with E-state index in [9.17, 15) is 14.4 Å². The summed E-state index contributed by atoms with van der Waals surface area (Å²) in [4.78, 5) is 34.4. The molecule has 2 aromatic rings. The summed E-state index contributed by atoms with van der Waals surface area (Å²) < 4.78 is 10.7. The maximum absolute atomic E-state index is 12.5. The van der Waals surface area contributed by atoms with Gasteiger partial charge >= 0.3 is 12.1 Å². The molecular weight excluding hydrogens is 488 g/mol. The summed E-state index contributed by atoms with van der Waals surface area (Å²) in [6.45, 7) is 4.84. The molecule has 3 aliphatic rings. The van der Waals surface area contributed by atoms with Gasteiger partial charge in [0.15, 0.2) is 6.10 Å². The number of amides is 1. The molecule has 0 unspecified atom stereocenters. The number of benzene rings is 2. The fourth-order valence-electron chi connectivity index (χ4n) is 4.50. The van der Waals surface area contributed by atoms with E-state index in [4.69, 9.17) is 4.74 Å². The summed E-state index contributed by atoms with van der Waals surface area (Å²) in [6.07, 6.45) is 1.66. The van der Waals surface area contributed by atoms with Gasteiger partial charge in [-0.3, -0.25) is 14.9 Å². The van der Waals surface area contributed by atoms with Crippen LogP contribution in [0.2, 0.25) is 0 Å². The molecule has 3 fully saturated rings. The lowest BCUT2D eigenvalue weighted by Crippen LogP contribution is -3.00. The normalized spacial score (nSPS) is 22.6. The minimum absolute atomic E-state index is 0. The Morgan fingerprint density at radius 3 is 2.09 bits per heavy atom. The molecule has 3 aliphatic heterocycles. The van der Waals surface area contributed by atoms with Crippen LogP contribution in [0.5, 0.6) is 0 Å². The molecule has 1 amide bonds. The molecule has 5 rings (SSSR count). The predicted octanol–water partition coefficient (Wildman–Crippen LogP) is 0.910. The van der Waals surface area contributed by atoms with Crippen LogP contribution in [0.3, 0.4) is 0 Å². The summed E-state index contributed by atoms with van der Waals surface area (Å²) in [6, 6.07) is 18.6. The van der Waals surface area contributed by atoms with Crippen LogP contribution < -0.4 is 22.3 Å².